The van der Waals surface area contributed by atoms with Gasteiger partial charge in [-0.05, 0) is 24.3 Å². The molecule has 0 atom stereocenters. The number of carbonyl (C=O) groups is 1. The molecule has 0 bridgehead atoms. The third-order valence-electron chi connectivity index (χ3n) is 2.32. The molecule has 98 valence electrons. The summed E-state index contributed by atoms with van der Waals surface area (Å²) in [6.07, 6.45) is 2.97. The van der Waals surface area contributed by atoms with Crippen molar-refractivity contribution in [1.82, 2.24) is 9.97 Å². The fourth-order valence-corrected chi connectivity index (χ4v) is 1.52. The van der Waals surface area contributed by atoms with Crippen LogP contribution in [0.15, 0.2) is 36.7 Å². The summed E-state index contributed by atoms with van der Waals surface area (Å²) >= 11 is 5.80. The van der Waals surface area contributed by atoms with Crippen molar-refractivity contribution in [2.45, 2.75) is 6.42 Å². The van der Waals surface area contributed by atoms with Crippen LogP contribution >= 0.6 is 11.6 Å². The average Bonchev–Trinajstić information content (AvgIpc) is 2.40. The van der Waals surface area contributed by atoms with Crippen LogP contribution < -0.4 is 4.74 Å². The van der Waals surface area contributed by atoms with E-state index in [0.29, 0.717) is 16.6 Å². The van der Waals surface area contributed by atoms with Crippen molar-refractivity contribution in [1.29, 1.82) is 0 Å². The Bertz CT molecular complexity index is 555. The molecular weight excluding hydrogens is 268 g/mol. The van der Waals surface area contributed by atoms with Crippen molar-refractivity contribution >= 4 is 17.6 Å². The fourth-order valence-electron chi connectivity index (χ4n) is 1.39. The Balaban J connectivity index is 2.02. The van der Waals surface area contributed by atoms with Gasteiger partial charge >= 0.3 is 5.97 Å². The number of nitrogens with zero attached hydrogens (tertiary/aromatic N) is 2. The summed E-state index contributed by atoms with van der Waals surface area (Å²) in [5, 5.41) is 9.13. The van der Waals surface area contributed by atoms with Crippen molar-refractivity contribution in [3.05, 3.63) is 41.7 Å². The lowest BCUT2D eigenvalue weighted by Crippen LogP contribution is -2.05. The quantitative estimate of drug-likeness (QED) is 0.910. The largest absolute Gasteiger partial charge is 0.490 e. The summed E-state index contributed by atoms with van der Waals surface area (Å²) < 4.78 is 5.20. The lowest BCUT2D eigenvalue weighted by atomic mass is 10.2. The second-order valence-corrected chi connectivity index (χ2v) is 4.18. The maximum atomic E-state index is 10.3. The number of carboxylic acid groups (broad SMARTS) is 1. The minimum Gasteiger partial charge on any atom is -0.490 e. The minimum absolute atomic E-state index is 0.0566. The molecule has 19 heavy (non-hydrogen) atoms. The van der Waals surface area contributed by atoms with Crippen LogP contribution in [0.4, 0.5) is 0 Å². The fraction of sp³-hybridized carbons (Fsp3) is 0.154. The van der Waals surface area contributed by atoms with Crippen LogP contribution in [-0.4, -0.2) is 27.7 Å². The van der Waals surface area contributed by atoms with Gasteiger partial charge in [0.05, 0.1) is 25.4 Å². The van der Waals surface area contributed by atoms with E-state index in [9.17, 15) is 4.79 Å². The van der Waals surface area contributed by atoms with E-state index in [0.717, 1.165) is 5.56 Å². The number of hydrogen-bond acceptors (Lipinski definition) is 4. The van der Waals surface area contributed by atoms with E-state index in [1.807, 2.05) is 12.1 Å². The van der Waals surface area contributed by atoms with E-state index in [2.05, 4.69) is 9.97 Å². The van der Waals surface area contributed by atoms with Crippen LogP contribution in [0.1, 0.15) is 6.42 Å². The Labute approximate surface area is 114 Å². The van der Waals surface area contributed by atoms with E-state index in [1.165, 1.54) is 12.4 Å². The molecule has 1 aromatic carbocycles. The molecular formula is C13H11ClN2O3. The number of rotatable bonds is 5. The van der Waals surface area contributed by atoms with Gasteiger partial charge < -0.3 is 9.84 Å². The average molecular weight is 279 g/mol. The zero-order valence-corrected chi connectivity index (χ0v) is 10.7. The van der Waals surface area contributed by atoms with Gasteiger partial charge in [0.25, 0.3) is 0 Å². The molecule has 2 aromatic rings. The summed E-state index contributed by atoms with van der Waals surface area (Å²) in [6.45, 7) is 0.0962. The summed E-state index contributed by atoms with van der Waals surface area (Å²) in [6, 6.07) is 7.17. The van der Waals surface area contributed by atoms with Gasteiger partial charge in [0.15, 0.2) is 11.6 Å². The van der Waals surface area contributed by atoms with Gasteiger partial charge in [-0.1, -0.05) is 11.6 Å². The number of aliphatic carboxylic acids is 1. The molecule has 2 rings (SSSR count). The van der Waals surface area contributed by atoms with Crippen molar-refractivity contribution in [3.8, 4) is 17.1 Å². The van der Waals surface area contributed by atoms with E-state index in [-0.39, 0.29) is 13.0 Å². The van der Waals surface area contributed by atoms with E-state index in [1.54, 1.807) is 12.1 Å². The molecule has 0 saturated heterocycles. The summed E-state index contributed by atoms with van der Waals surface area (Å²) in [7, 11) is 0. The molecule has 0 fully saturated rings. The zero-order chi connectivity index (χ0) is 13.7. The Kier molecular flexibility index (Phi) is 4.30. The van der Waals surface area contributed by atoms with Crippen molar-refractivity contribution in [2.75, 3.05) is 6.61 Å². The number of carboxylic acids is 1. The monoisotopic (exact) mass is 278 g/mol. The number of halogens is 1. The SMILES string of the molecule is O=C(O)CCOc1cnc(-c2ccc(Cl)cc2)nc1. The minimum atomic E-state index is -0.904. The van der Waals surface area contributed by atoms with Crippen molar-refractivity contribution < 1.29 is 14.6 Å². The predicted octanol–water partition coefficient (Wildman–Crippen LogP) is 2.65. The first-order chi connectivity index (χ1) is 9.15. The third kappa shape index (κ3) is 3.93. The number of hydrogen-bond donors (Lipinski definition) is 1. The first-order valence-electron chi connectivity index (χ1n) is 5.58. The standard InChI is InChI=1S/C13H11ClN2O3/c14-10-3-1-9(2-4-10)13-15-7-11(8-16-13)19-6-5-12(17)18/h1-4,7-8H,5-6H2,(H,17,18). The van der Waals surface area contributed by atoms with Gasteiger partial charge in [-0.3, -0.25) is 4.79 Å². The van der Waals surface area contributed by atoms with Gasteiger partial charge in [0, 0.05) is 10.6 Å². The predicted molar refractivity (Wildman–Crippen MR) is 70.2 cm³/mol. The lowest BCUT2D eigenvalue weighted by molar-refractivity contribution is -0.137. The Morgan fingerprint density at radius 3 is 2.42 bits per heavy atom. The van der Waals surface area contributed by atoms with E-state index < -0.39 is 5.97 Å². The molecule has 0 unspecified atom stereocenters. The maximum absolute atomic E-state index is 10.3. The van der Waals surface area contributed by atoms with Crippen LogP contribution in [0.25, 0.3) is 11.4 Å². The van der Waals surface area contributed by atoms with E-state index >= 15 is 0 Å². The van der Waals surface area contributed by atoms with Crippen LogP contribution in [-0.2, 0) is 4.79 Å². The molecule has 1 N–H and O–H groups in total. The highest BCUT2D eigenvalue weighted by Crippen LogP contribution is 2.19. The van der Waals surface area contributed by atoms with Gasteiger partial charge in [0.2, 0.25) is 0 Å². The normalized spacial score (nSPS) is 10.2. The molecule has 1 heterocycles. The van der Waals surface area contributed by atoms with Gasteiger partial charge in [-0.25, -0.2) is 9.97 Å². The Morgan fingerprint density at radius 1 is 1.21 bits per heavy atom. The summed E-state index contributed by atoms with van der Waals surface area (Å²) in [4.78, 5) is 18.6. The second kappa shape index (κ2) is 6.15. The van der Waals surface area contributed by atoms with Crippen molar-refractivity contribution in [2.24, 2.45) is 0 Å². The van der Waals surface area contributed by atoms with Crippen molar-refractivity contribution in [3.63, 3.8) is 0 Å². The van der Waals surface area contributed by atoms with Crippen LogP contribution in [0, 0.1) is 0 Å². The van der Waals surface area contributed by atoms with E-state index in [4.69, 9.17) is 21.4 Å². The molecule has 0 aliphatic heterocycles. The van der Waals surface area contributed by atoms with Crippen LogP contribution in [0.3, 0.4) is 0 Å². The maximum Gasteiger partial charge on any atom is 0.306 e. The first-order valence-corrected chi connectivity index (χ1v) is 5.95. The summed E-state index contributed by atoms with van der Waals surface area (Å²) in [5.74, 6) is 0.0971. The number of benzene rings is 1. The third-order valence-corrected chi connectivity index (χ3v) is 2.57. The molecule has 0 radical (unpaired) electrons. The molecule has 0 aliphatic carbocycles. The highest BCUT2D eigenvalue weighted by atomic mass is 35.5. The molecule has 0 spiro atoms. The molecule has 0 amide bonds. The second-order valence-electron chi connectivity index (χ2n) is 3.74. The first kappa shape index (κ1) is 13.3. The Hall–Kier alpha value is -2.14. The van der Waals surface area contributed by atoms with Crippen LogP contribution in [0.2, 0.25) is 5.02 Å². The van der Waals surface area contributed by atoms with Gasteiger partial charge in [-0.2, -0.15) is 0 Å². The molecule has 6 heteroatoms. The molecule has 0 aliphatic rings. The zero-order valence-electron chi connectivity index (χ0n) is 9.91. The molecule has 0 saturated carbocycles. The smallest absolute Gasteiger partial charge is 0.306 e. The topological polar surface area (TPSA) is 72.3 Å². The Morgan fingerprint density at radius 2 is 1.84 bits per heavy atom. The van der Waals surface area contributed by atoms with Gasteiger partial charge in [-0.15, -0.1) is 0 Å². The number of aromatic nitrogens is 2. The number of ether oxygens (including phenoxy) is 1. The van der Waals surface area contributed by atoms with Gasteiger partial charge in [0.1, 0.15) is 0 Å². The van der Waals surface area contributed by atoms with Crippen LogP contribution in [0.5, 0.6) is 5.75 Å². The highest BCUT2D eigenvalue weighted by molar-refractivity contribution is 6.30. The summed E-state index contributed by atoms with van der Waals surface area (Å²) in [5.41, 5.74) is 0.849. The molecule has 5 nitrogen and oxygen atoms in total. The lowest BCUT2D eigenvalue weighted by Gasteiger charge is -2.04. The highest BCUT2D eigenvalue weighted by Gasteiger charge is 2.03. The molecule has 1 aromatic heterocycles.